The number of pyridine rings is 1. The largest absolute Gasteiger partial charge is 0.465 e. The van der Waals surface area contributed by atoms with E-state index >= 15 is 0 Å². The predicted octanol–water partition coefficient (Wildman–Crippen LogP) is 4.66. The van der Waals surface area contributed by atoms with Gasteiger partial charge in [-0.15, -0.1) is 0 Å². The minimum absolute atomic E-state index is 0.00164. The van der Waals surface area contributed by atoms with Crippen LogP contribution in [0.25, 0.3) is 0 Å². The standard InChI is InChI=1S/C20H15ClFN3O3/c1-28-20(27)14-4-2-3-5-17(14)25-19(26)18-9-7-13(11-23-18)24-12-6-8-16(22)15(21)10-12/h2-11,24H,1H3,(H,25,26). The molecule has 142 valence electrons. The van der Waals surface area contributed by atoms with Gasteiger partial charge in [0, 0.05) is 5.69 Å². The molecule has 2 aromatic carbocycles. The van der Waals surface area contributed by atoms with Gasteiger partial charge in [0.2, 0.25) is 0 Å². The highest BCUT2D eigenvalue weighted by Crippen LogP contribution is 2.23. The molecule has 0 aliphatic heterocycles. The number of nitrogens with zero attached hydrogens (tertiary/aromatic N) is 1. The van der Waals surface area contributed by atoms with E-state index in [9.17, 15) is 14.0 Å². The second-order valence-corrected chi connectivity index (χ2v) is 6.08. The van der Waals surface area contributed by atoms with Crippen LogP contribution >= 0.6 is 11.6 Å². The van der Waals surface area contributed by atoms with Crippen molar-refractivity contribution in [1.82, 2.24) is 4.98 Å². The highest BCUT2D eigenvalue weighted by Gasteiger charge is 2.15. The van der Waals surface area contributed by atoms with Crippen molar-refractivity contribution in [2.75, 3.05) is 17.7 Å². The van der Waals surface area contributed by atoms with Crippen molar-refractivity contribution in [3.05, 3.63) is 82.9 Å². The first-order valence-corrected chi connectivity index (χ1v) is 8.52. The summed E-state index contributed by atoms with van der Waals surface area (Å²) in [6.07, 6.45) is 1.46. The zero-order valence-corrected chi connectivity index (χ0v) is 15.5. The first kappa shape index (κ1) is 19.3. The van der Waals surface area contributed by atoms with Gasteiger partial charge in [0.15, 0.2) is 0 Å². The summed E-state index contributed by atoms with van der Waals surface area (Å²) in [7, 11) is 1.27. The van der Waals surface area contributed by atoms with Gasteiger partial charge in [0.25, 0.3) is 5.91 Å². The predicted molar refractivity (Wildman–Crippen MR) is 105 cm³/mol. The molecule has 0 bridgehead atoms. The van der Waals surface area contributed by atoms with Crippen molar-refractivity contribution in [2.45, 2.75) is 0 Å². The molecule has 0 saturated carbocycles. The molecule has 1 heterocycles. The molecule has 3 rings (SSSR count). The molecular formula is C20H15ClFN3O3. The van der Waals surface area contributed by atoms with Gasteiger partial charge in [0.05, 0.1) is 35.3 Å². The number of hydrogen-bond acceptors (Lipinski definition) is 5. The highest BCUT2D eigenvalue weighted by atomic mass is 35.5. The quantitative estimate of drug-likeness (QED) is 0.610. The van der Waals surface area contributed by atoms with Crippen LogP contribution in [0.2, 0.25) is 5.02 Å². The summed E-state index contributed by atoms with van der Waals surface area (Å²) in [6.45, 7) is 0. The van der Waals surface area contributed by atoms with E-state index in [4.69, 9.17) is 16.3 Å². The smallest absolute Gasteiger partial charge is 0.339 e. The lowest BCUT2D eigenvalue weighted by Crippen LogP contribution is -2.16. The molecule has 0 radical (unpaired) electrons. The van der Waals surface area contributed by atoms with Gasteiger partial charge in [0.1, 0.15) is 11.5 Å². The first-order chi connectivity index (χ1) is 13.5. The minimum Gasteiger partial charge on any atom is -0.465 e. The second kappa shape index (κ2) is 8.49. The van der Waals surface area contributed by atoms with Crippen LogP contribution in [0.15, 0.2) is 60.8 Å². The van der Waals surface area contributed by atoms with Crippen molar-refractivity contribution >= 4 is 40.5 Å². The van der Waals surface area contributed by atoms with Crippen LogP contribution in [0, 0.1) is 5.82 Å². The van der Waals surface area contributed by atoms with Crippen LogP contribution in [0.1, 0.15) is 20.8 Å². The van der Waals surface area contributed by atoms with Gasteiger partial charge >= 0.3 is 5.97 Å². The molecule has 1 aromatic heterocycles. The van der Waals surface area contributed by atoms with Gasteiger partial charge in [-0.2, -0.15) is 0 Å². The molecule has 1 amide bonds. The zero-order valence-electron chi connectivity index (χ0n) is 14.7. The number of halogens is 2. The van der Waals surface area contributed by atoms with Crippen LogP contribution in [0.4, 0.5) is 21.5 Å². The lowest BCUT2D eigenvalue weighted by atomic mass is 10.1. The third kappa shape index (κ3) is 4.44. The molecule has 3 aromatic rings. The van der Waals surface area contributed by atoms with Crippen molar-refractivity contribution in [3.63, 3.8) is 0 Å². The lowest BCUT2D eigenvalue weighted by Gasteiger charge is -2.10. The number of benzene rings is 2. The van der Waals surface area contributed by atoms with Gasteiger partial charge in [-0.1, -0.05) is 23.7 Å². The molecule has 0 spiro atoms. The fourth-order valence-corrected chi connectivity index (χ4v) is 2.59. The molecule has 28 heavy (non-hydrogen) atoms. The average Bonchev–Trinajstić information content (AvgIpc) is 2.71. The molecule has 0 unspecified atom stereocenters. The molecule has 8 heteroatoms. The van der Waals surface area contributed by atoms with Crippen LogP contribution in [-0.4, -0.2) is 24.0 Å². The Balaban J connectivity index is 1.72. The van der Waals surface area contributed by atoms with E-state index in [0.29, 0.717) is 17.1 Å². The molecule has 0 atom stereocenters. The van der Waals surface area contributed by atoms with Gasteiger partial charge in [-0.05, 0) is 42.5 Å². The summed E-state index contributed by atoms with van der Waals surface area (Å²) in [5, 5.41) is 5.65. The fraction of sp³-hybridized carbons (Fsp3) is 0.0500. The normalized spacial score (nSPS) is 10.2. The maximum Gasteiger partial charge on any atom is 0.339 e. The van der Waals surface area contributed by atoms with E-state index in [2.05, 4.69) is 15.6 Å². The Hall–Kier alpha value is -3.45. The third-order valence-corrected chi connectivity index (χ3v) is 4.07. The molecule has 0 aliphatic carbocycles. The molecule has 0 aliphatic rings. The Labute approximate surface area is 165 Å². The van der Waals surface area contributed by atoms with Crippen LogP contribution in [0.3, 0.4) is 0 Å². The number of anilines is 3. The van der Waals surface area contributed by atoms with Gasteiger partial charge in [-0.3, -0.25) is 4.79 Å². The highest BCUT2D eigenvalue weighted by molar-refractivity contribution is 6.31. The second-order valence-electron chi connectivity index (χ2n) is 5.68. The lowest BCUT2D eigenvalue weighted by molar-refractivity contribution is 0.0602. The van der Waals surface area contributed by atoms with E-state index in [1.165, 1.54) is 37.6 Å². The number of carbonyl (C=O) groups is 2. The monoisotopic (exact) mass is 399 g/mol. The van der Waals surface area contributed by atoms with Gasteiger partial charge < -0.3 is 15.4 Å². The van der Waals surface area contributed by atoms with Gasteiger partial charge in [-0.25, -0.2) is 14.2 Å². The number of esters is 1. The topological polar surface area (TPSA) is 80.3 Å². The summed E-state index contributed by atoms with van der Waals surface area (Å²) in [4.78, 5) is 28.3. The number of rotatable bonds is 5. The summed E-state index contributed by atoms with van der Waals surface area (Å²) in [5.41, 5.74) is 1.89. The van der Waals surface area contributed by atoms with Crippen molar-refractivity contribution in [3.8, 4) is 0 Å². The van der Waals surface area contributed by atoms with Crippen LogP contribution in [0.5, 0.6) is 0 Å². The van der Waals surface area contributed by atoms with E-state index in [1.807, 2.05) is 0 Å². The Morgan fingerprint density at radius 3 is 2.50 bits per heavy atom. The molecule has 2 N–H and O–H groups in total. The number of carbonyl (C=O) groups excluding carboxylic acids is 2. The number of para-hydroxylation sites is 1. The Bertz CT molecular complexity index is 1030. The SMILES string of the molecule is COC(=O)c1ccccc1NC(=O)c1ccc(Nc2ccc(F)c(Cl)c2)cn1. The summed E-state index contributed by atoms with van der Waals surface area (Å²) in [6, 6.07) is 13.9. The fourth-order valence-electron chi connectivity index (χ4n) is 2.41. The Kier molecular flexibility index (Phi) is 5.86. The van der Waals surface area contributed by atoms with Crippen molar-refractivity contribution in [1.29, 1.82) is 0 Å². The maximum atomic E-state index is 13.2. The summed E-state index contributed by atoms with van der Waals surface area (Å²) >= 11 is 5.75. The van der Waals surface area contributed by atoms with E-state index in [-0.39, 0.29) is 16.3 Å². The van der Waals surface area contributed by atoms with E-state index < -0.39 is 17.7 Å². The van der Waals surface area contributed by atoms with Crippen LogP contribution in [-0.2, 0) is 4.74 Å². The Morgan fingerprint density at radius 1 is 1.07 bits per heavy atom. The first-order valence-electron chi connectivity index (χ1n) is 8.15. The van der Waals surface area contributed by atoms with E-state index in [1.54, 1.807) is 30.3 Å². The molecule has 6 nitrogen and oxygen atoms in total. The van der Waals surface area contributed by atoms with Crippen LogP contribution < -0.4 is 10.6 Å². The molecule has 0 saturated heterocycles. The number of hydrogen-bond donors (Lipinski definition) is 2. The number of aromatic nitrogens is 1. The van der Waals surface area contributed by atoms with E-state index in [0.717, 1.165) is 0 Å². The third-order valence-electron chi connectivity index (χ3n) is 3.78. The summed E-state index contributed by atoms with van der Waals surface area (Å²) in [5.74, 6) is -1.54. The number of ether oxygens (including phenoxy) is 1. The number of amides is 1. The van der Waals surface area contributed by atoms with Crippen molar-refractivity contribution < 1.29 is 18.7 Å². The van der Waals surface area contributed by atoms with Crippen molar-refractivity contribution in [2.24, 2.45) is 0 Å². The average molecular weight is 400 g/mol. The molecular weight excluding hydrogens is 385 g/mol. The maximum absolute atomic E-state index is 13.2. The Morgan fingerprint density at radius 2 is 1.82 bits per heavy atom. The number of nitrogens with one attached hydrogen (secondary N) is 2. The minimum atomic E-state index is -0.554. The zero-order chi connectivity index (χ0) is 20.1. The number of methoxy groups -OCH3 is 1. The summed E-state index contributed by atoms with van der Waals surface area (Å²) < 4.78 is 17.9. The molecule has 0 fully saturated rings.